The zero-order valence-corrected chi connectivity index (χ0v) is 11.1. The van der Waals surface area contributed by atoms with E-state index in [0.717, 1.165) is 16.6 Å². The molecule has 1 rings (SSSR count). The van der Waals surface area contributed by atoms with Crippen molar-refractivity contribution < 1.29 is 9.90 Å². The minimum atomic E-state index is -0.783. The molecule has 1 aromatic rings. The van der Waals surface area contributed by atoms with Crippen molar-refractivity contribution in [2.24, 2.45) is 0 Å². The summed E-state index contributed by atoms with van der Waals surface area (Å²) in [5, 5.41) is 8.98. The Morgan fingerprint density at radius 3 is 2.62 bits per heavy atom. The highest BCUT2D eigenvalue weighted by atomic mass is 79.9. The summed E-state index contributed by atoms with van der Waals surface area (Å²) >= 11 is 3.47. The van der Waals surface area contributed by atoms with Crippen LogP contribution >= 0.6 is 15.9 Å². The third-order valence-electron chi connectivity index (χ3n) is 2.64. The molecule has 1 N–H and O–H groups in total. The largest absolute Gasteiger partial charge is 0.480 e. The van der Waals surface area contributed by atoms with E-state index in [1.807, 2.05) is 36.1 Å². The highest BCUT2D eigenvalue weighted by Crippen LogP contribution is 2.18. The number of carboxylic acid groups (broad SMARTS) is 1. The lowest BCUT2D eigenvalue weighted by molar-refractivity contribution is -0.142. The molecule has 0 heterocycles. The van der Waals surface area contributed by atoms with Gasteiger partial charge in [-0.2, -0.15) is 0 Å². The summed E-state index contributed by atoms with van der Waals surface area (Å²) in [5.41, 5.74) is 1.11. The first-order valence-electron chi connectivity index (χ1n) is 5.26. The van der Waals surface area contributed by atoms with Crippen LogP contribution in [0.25, 0.3) is 0 Å². The molecule has 0 aliphatic heterocycles. The summed E-state index contributed by atoms with van der Waals surface area (Å²) in [4.78, 5) is 12.8. The number of halogens is 1. The van der Waals surface area contributed by atoms with Gasteiger partial charge >= 0.3 is 5.97 Å². The van der Waals surface area contributed by atoms with Crippen LogP contribution in [0.4, 0.5) is 0 Å². The third kappa shape index (κ3) is 3.32. The third-order valence-corrected chi connectivity index (χ3v) is 3.42. The average molecular weight is 286 g/mol. The predicted octanol–water partition coefficient (Wildman–Crippen LogP) is 2.74. The number of rotatable bonds is 5. The fraction of sp³-hybridized carbons (Fsp3) is 0.417. The Kier molecular flexibility index (Phi) is 4.96. The fourth-order valence-electron chi connectivity index (χ4n) is 1.52. The Hall–Kier alpha value is -0.870. The van der Waals surface area contributed by atoms with Gasteiger partial charge in [-0.3, -0.25) is 9.69 Å². The van der Waals surface area contributed by atoms with Gasteiger partial charge in [-0.15, -0.1) is 0 Å². The lowest BCUT2D eigenvalue weighted by Crippen LogP contribution is -2.38. The van der Waals surface area contributed by atoms with Gasteiger partial charge < -0.3 is 5.11 Å². The average Bonchev–Trinajstić information content (AvgIpc) is 2.27. The van der Waals surface area contributed by atoms with Crippen LogP contribution in [-0.4, -0.2) is 28.6 Å². The van der Waals surface area contributed by atoms with Gasteiger partial charge in [0.25, 0.3) is 0 Å². The summed E-state index contributed by atoms with van der Waals surface area (Å²) in [6.07, 6.45) is 0. The summed E-state index contributed by atoms with van der Waals surface area (Å²) in [7, 11) is 0. The number of aliphatic carboxylic acids is 1. The SMILES string of the molecule is CCN(Cc1ccccc1Br)C(C)C(=O)O. The second-order valence-corrected chi connectivity index (χ2v) is 4.52. The van der Waals surface area contributed by atoms with Crippen LogP contribution in [0.3, 0.4) is 0 Å². The first kappa shape index (κ1) is 13.2. The molecule has 1 atom stereocenters. The van der Waals surface area contributed by atoms with E-state index in [1.54, 1.807) is 6.92 Å². The van der Waals surface area contributed by atoms with Crippen molar-refractivity contribution in [2.45, 2.75) is 26.4 Å². The van der Waals surface area contributed by atoms with Crippen LogP contribution in [-0.2, 0) is 11.3 Å². The van der Waals surface area contributed by atoms with Crippen LogP contribution in [0.5, 0.6) is 0 Å². The summed E-state index contributed by atoms with van der Waals surface area (Å²) in [5.74, 6) is -0.783. The van der Waals surface area contributed by atoms with Gasteiger partial charge in [-0.1, -0.05) is 41.1 Å². The van der Waals surface area contributed by atoms with Crippen LogP contribution in [0.2, 0.25) is 0 Å². The van der Waals surface area contributed by atoms with E-state index in [4.69, 9.17) is 5.11 Å². The zero-order chi connectivity index (χ0) is 12.1. The van der Waals surface area contributed by atoms with Gasteiger partial charge in [0.05, 0.1) is 0 Å². The number of carbonyl (C=O) groups is 1. The molecule has 0 saturated carbocycles. The Labute approximate surface area is 104 Å². The highest BCUT2D eigenvalue weighted by molar-refractivity contribution is 9.10. The first-order valence-corrected chi connectivity index (χ1v) is 6.05. The molecule has 1 unspecified atom stereocenters. The van der Waals surface area contributed by atoms with E-state index in [0.29, 0.717) is 6.54 Å². The fourth-order valence-corrected chi connectivity index (χ4v) is 1.93. The second kappa shape index (κ2) is 6.01. The molecule has 0 radical (unpaired) electrons. The molecule has 0 spiro atoms. The lowest BCUT2D eigenvalue weighted by atomic mass is 10.2. The lowest BCUT2D eigenvalue weighted by Gasteiger charge is -2.25. The van der Waals surface area contributed by atoms with E-state index in [9.17, 15) is 4.79 Å². The maximum atomic E-state index is 10.9. The molecule has 88 valence electrons. The minimum Gasteiger partial charge on any atom is -0.480 e. The smallest absolute Gasteiger partial charge is 0.320 e. The number of hydrogen-bond acceptors (Lipinski definition) is 2. The molecule has 0 aliphatic carbocycles. The molecule has 0 saturated heterocycles. The van der Waals surface area contributed by atoms with E-state index in [1.165, 1.54) is 0 Å². The first-order chi connectivity index (χ1) is 7.56. The number of benzene rings is 1. The van der Waals surface area contributed by atoms with E-state index >= 15 is 0 Å². The van der Waals surface area contributed by atoms with Crippen molar-refractivity contribution >= 4 is 21.9 Å². The number of hydrogen-bond donors (Lipinski definition) is 1. The number of carboxylic acids is 1. The van der Waals surface area contributed by atoms with Gasteiger partial charge in [0, 0.05) is 11.0 Å². The Morgan fingerprint density at radius 2 is 2.12 bits per heavy atom. The molecule has 0 amide bonds. The molecule has 0 aliphatic rings. The van der Waals surface area contributed by atoms with Gasteiger partial charge in [-0.25, -0.2) is 0 Å². The monoisotopic (exact) mass is 285 g/mol. The van der Waals surface area contributed by atoms with Gasteiger partial charge in [0.15, 0.2) is 0 Å². The molecule has 0 aromatic heterocycles. The zero-order valence-electron chi connectivity index (χ0n) is 9.48. The maximum Gasteiger partial charge on any atom is 0.320 e. The van der Waals surface area contributed by atoms with Crippen molar-refractivity contribution in [3.63, 3.8) is 0 Å². The summed E-state index contributed by atoms with van der Waals surface area (Å²) in [6, 6.07) is 7.41. The van der Waals surface area contributed by atoms with Crippen LogP contribution in [0, 0.1) is 0 Å². The number of nitrogens with zero attached hydrogens (tertiary/aromatic N) is 1. The maximum absolute atomic E-state index is 10.9. The van der Waals surface area contributed by atoms with Crippen molar-refractivity contribution in [1.82, 2.24) is 4.90 Å². The van der Waals surface area contributed by atoms with Crippen molar-refractivity contribution in [1.29, 1.82) is 0 Å². The van der Waals surface area contributed by atoms with E-state index in [2.05, 4.69) is 15.9 Å². The Balaban J connectivity index is 2.78. The van der Waals surface area contributed by atoms with Crippen molar-refractivity contribution in [3.05, 3.63) is 34.3 Å². The molecule has 0 bridgehead atoms. The van der Waals surface area contributed by atoms with Crippen LogP contribution in [0.1, 0.15) is 19.4 Å². The van der Waals surface area contributed by atoms with Gasteiger partial charge in [0.1, 0.15) is 6.04 Å². The van der Waals surface area contributed by atoms with Crippen molar-refractivity contribution in [2.75, 3.05) is 6.54 Å². The van der Waals surface area contributed by atoms with Gasteiger partial charge in [0.2, 0.25) is 0 Å². The van der Waals surface area contributed by atoms with Crippen LogP contribution in [0.15, 0.2) is 28.7 Å². The minimum absolute atomic E-state index is 0.461. The second-order valence-electron chi connectivity index (χ2n) is 3.67. The summed E-state index contributed by atoms with van der Waals surface area (Å²) in [6.45, 7) is 5.04. The Morgan fingerprint density at radius 1 is 1.50 bits per heavy atom. The number of likely N-dealkylation sites (N-methyl/N-ethyl adjacent to an activating group) is 1. The highest BCUT2D eigenvalue weighted by Gasteiger charge is 2.19. The Bertz CT molecular complexity index is 368. The summed E-state index contributed by atoms with van der Waals surface area (Å²) < 4.78 is 1.02. The quantitative estimate of drug-likeness (QED) is 0.904. The molecular weight excluding hydrogens is 270 g/mol. The molecule has 16 heavy (non-hydrogen) atoms. The van der Waals surface area contributed by atoms with Crippen LogP contribution < -0.4 is 0 Å². The predicted molar refractivity (Wildman–Crippen MR) is 67.3 cm³/mol. The normalized spacial score (nSPS) is 12.8. The van der Waals surface area contributed by atoms with Gasteiger partial charge in [-0.05, 0) is 25.1 Å². The molecule has 0 fully saturated rings. The standard InChI is InChI=1S/C12H16BrNO2/c1-3-14(9(2)12(15)16)8-10-6-4-5-7-11(10)13/h4-7,9H,3,8H2,1-2H3,(H,15,16). The molecule has 4 heteroatoms. The molecular formula is C12H16BrNO2. The molecule has 1 aromatic carbocycles. The van der Waals surface area contributed by atoms with E-state index in [-0.39, 0.29) is 0 Å². The molecule has 3 nitrogen and oxygen atoms in total. The van der Waals surface area contributed by atoms with E-state index < -0.39 is 12.0 Å². The topological polar surface area (TPSA) is 40.5 Å². The van der Waals surface area contributed by atoms with Crippen molar-refractivity contribution in [3.8, 4) is 0 Å².